The highest BCUT2D eigenvalue weighted by molar-refractivity contribution is 7.89. The van der Waals surface area contributed by atoms with E-state index in [1.54, 1.807) is 31.4 Å². The molecule has 174 valence electrons. The van der Waals surface area contributed by atoms with E-state index in [0.717, 1.165) is 15.6 Å². The first-order chi connectivity index (χ1) is 15.8. The molecule has 0 aliphatic rings. The standard InChI is InChI=1S/C24H24Cl2N2O4S/c1-32-22-9-5-18(6-10-22)13-14-27-24(29)17-28(16-19-3-2-4-21(26)15-19)33(30,31)23-11-7-20(25)8-12-23/h2-12,15H,13-14,16-17H2,1H3,(H,27,29). The van der Waals surface area contributed by atoms with E-state index in [-0.39, 0.29) is 18.0 Å². The number of hydrogen-bond acceptors (Lipinski definition) is 4. The first kappa shape index (κ1) is 25.1. The van der Waals surface area contributed by atoms with Crippen LogP contribution in [0.15, 0.2) is 77.7 Å². The molecule has 0 atom stereocenters. The first-order valence-electron chi connectivity index (χ1n) is 10.2. The van der Waals surface area contributed by atoms with Gasteiger partial charge < -0.3 is 10.1 Å². The summed E-state index contributed by atoms with van der Waals surface area (Å²) >= 11 is 12.0. The number of nitrogens with one attached hydrogen (secondary N) is 1. The molecule has 0 aliphatic carbocycles. The van der Waals surface area contributed by atoms with Crippen molar-refractivity contribution in [1.29, 1.82) is 0 Å². The normalized spacial score (nSPS) is 11.4. The summed E-state index contributed by atoms with van der Waals surface area (Å²) in [5.41, 5.74) is 1.70. The van der Waals surface area contributed by atoms with Crippen LogP contribution >= 0.6 is 23.2 Å². The van der Waals surface area contributed by atoms with Gasteiger partial charge in [-0.05, 0) is 66.1 Å². The monoisotopic (exact) mass is 506 g/mol. The number of ether oxygens (including phenoxy) is 1. The lowest BCUT2D eigenvalue weighted by Crippen LogP contribution is -2.40. The number of benzene rings is 3. The predicted molar refractivity (Wildman–Crippen MR) is 130 cm³/mol. The molecule has 6 nitrogen and oxygen atoms in total. The Bertz CT molecular complexity index is 1180. The van der Waals surface area contributed by atoms with Crippen molar-refractivity contribution < 1.29 is 17.9 Å². The van der Waals surface area contributed by atoms with Gasteiger partial charge in [-0.3, -0.25) is 4.79 Å². The molecule has 0 fully saturated rings. The number of amides is 1. The zero-order valence-corrected chi connectivity index (χ0v) is 20.3. The van der Waals surface area contributed by atoms with Gasteiger partial charge in [0.2, 0.25) is 15.9 Å². The molecule has 0 saturated carbocycles. The fourth-order valence-corrected chi connectivity index (χ4v) is 4.90. The van der Waals surface area contributed by atoms with Gasteiger partial charge in [0.05, 0.1) is 18.6 Å². The molecule has 0 heterocycles. The molecule has 33 heavy (non-hydrogen) atoms. The first-order valence-corrected chi connectivity index (χ1v) is 12.4. The minimum absolute atomic E-state index is 0.00256. The molecule has 0 aliphatic heterocycles. The highest BCUT2D eigenvalue weighted by Gasteiger charge is 2.27. The molecule has 0 radical (unpaired) electrons. The quantitative estimate of drug-likeness (QED) is 0.437. The van der Waals surface area contributed by atoms with Crippen molar-refractivity contribution in [3.8, 4) is 5.75 Å². The van der Waals surface area contributed by atoms with E-state index >= 15 is 0 Å². The molecule has 0 bridgehead atoms. The number of carbonyl (C=O) groups excluding carboxylic acids is 1. The molecule has 3 aromatic rings. The SMILES string of the molecule is COc1ccc(CCNC(=O)CN(Cc2cccc(Cl)c2)S(=O)(=O)c2ccc(Cl)cc2)cc1. The van der Waals surface area contributed by atoms with Gasteiger partial charge in [0.15, 0.2) is 0 Å². The Morgan fingerprint density at radius 2 is 1.64 bits per heavy atom. The van der Waals surface area contributed by atoms with Crippen molar-refractivity contribution >= 4 is 39.1 Å². The Kier molecular flexibility index (Phi) is 8.74. The van der Waals surface area contributed by atoms with Gasteiger partial charge >= 0.3 is 0 Å². The number of hydrogen-bond donors (Lipinski definition) is 1. The summed E-state index contributed by atoms with van der Waals surface area (Å²) in [5, 5.41) is 3.71. The second-order valence-corrected chi connectivity index (χ2v) is 10.1. The Morgan fingerprint density at radius 3 is 2.27 bits per heavy atom. The van der Waals surface area contributed by atoms with Crippen LogP contribution in [0.4, 0.5) is 0 Å². The number of sulfonamides is 1. The third-order valence-electron chi connectivity index (χ3n) is 4.91. The molecular formula is C24H24Cl2N2O4S. The van der Waals surface area contributed by atoms with Crippen LogP contribution in [0.2, 0.25) is 10.0 Å². The zero-order chi connectivity index (χ0) is 23.8. The van der Waals surface area contributed by atoms with E-state index in [0.29, 0.717) is 28.6 Å². The molecule has 3 rings (SSSR count). The summed E-state index contributed by atoms with van der Waals surface area (Å²) in [6, 6.07) is 20.3. The average Bonchev–Trinajstić information content (AvgIpc) is 2.79. The van der Waals surface area contributed by atoms with Crippen LogP contribution in [-0.2, 0) is 27.8 Å². The molecule has 1 amide bonds. The van der Waals surface area contributed by atoms with Crippen LogP contribution in [-0.4, -0.2) is 38.8 Å². The Balaban J connectivity index is 1.71. The maximum Gasteiger partial charge on any atom is 0.243 e. The van der Waals surface area contributed by atoms with Gasteiger partial charge in [-0.15, -0.1) is 0 Å². The van der Waals surface area contributed by atoms with Crippen molar-refractivity contribution in [2.45, 2.75) is 17.9 Å². The lowest BCUT2D eigenvalue weighted by Gasteiger charge is -2.22. The summed E-state index contributed by atoms with van der Waals surface area (Å²) in [7, 11) is -2.35. The molecule has 0 saturated heterocycles. The van der Waals surface area contributed by atoms with E-state index < -0.39 is 15.9 Å². The Morgan fingerprint density at radius 1 is 0.939 bits per heavy atom. The maximum absolute atomic E-state index is 13.3. The molecular weight excluding hydrogens is 483 g/mol. The van der Waals surface area contributed by atoms with Gasteiger partial charge in [0.25, 0.3) is 0 Å². The van der Waals surface area contributed by atoms with Crippen molar-refractivity contribution in [1.82, 2.24) is 9.62 Å². The lowest BCUT2D eigenvalue weighted by molar-refractivity contribution is -0.121. The van der Waals surface area contributed by atoms with Crippen LogP contribution in [0.1, 0.15) is 11.1 Å². The highest BCUT2D eigenvalue weighted by atomic mass is 35.5. The summed E-state index contributed by atoms with van der Waals surface area (Å²) in [5.74, 6) is 0.356. The number of carbonyl (C=O) groups is 1. The molecule has 0 spiro atoms. The number of methoxy groups -OCH3 is 1. The topological polar surface area (TPSA) is 75.7 Å². The fourth-order valence-electron chi connectivity index (χ4n) is 3.17. The van der Waals surface area contributed by atoms with Crippen molar-refractivity contribution in [2.75, 3.05) is 20.2 Å². The second-order valence-electron chi connectivity index (χ2n) is 7.30. The smallest absolute Gasteiger partial charge is 0.243 e. The fraction of sp³-hybridized carbons (Fsp3) is 0.208. The van der Waals surface area contributed by atoms with Gasteiger partial charge in [-0.2, -0.15) is 4.31 Å². The molecule has 0 aromatic heterocycles. The van der Waals surface area contributed by atoms with E-state index in [1.807, 2.05) is 24.3 Å². The number of halogens is 2. The maximum atomic E-state index is 13.3. The van der Waals surface area contributed by atoms with Crippen molar-refractivity contribution in [3.63, 3.8) is 0 Å². The highest BCUT2D eigenvalue weighted by Crippen LogP contribution is 2.21. The predicted octanol–water partition coefficient (Wildman–Crippen LogP) is 4.55. The average molecular weight is 507 g/mol. The second kappa shape index (κ2) is 11.5. The minimum Gasteiger partial charge on any atom is -0.497 e. The van der Waals surface area contributed by atoms with E-state index in [1.165, 1.54) is 24.3 Å². The summed E-state index contributed by atoms with van der Waals surface area (Å²) < 4.78 is 32.8. The summed E-state index contributed by atoms with van der Waals surface area (Å²) in [6.07, 6.45) is 0.605. The number of nitrogens with zero attached hydrogens (tertiary/aromatic N) is 1. The van der Waals surface area contributed by atoms with Crippen molar-refractivity contribution in [2.24, 2.45) is 0 Å². The van der Waals surface area contributed by atoms with Crippen LogP contribution < -0.4 is 10.1 Å². The van der Waals surface area contributed by atoms with Crippen LogP contribution in [0.25, 0.3) is 0 Å². The van der Waals surface area contributed by atoms with Gasteiger partial charge in [0, 0.05) is 23.1 Å². The van der Waals surface area contributed by atoms with E-state index in [2.05, 4.69) is 5.32 Å². The summed E-state index contributed by atoms with van der Waals surface area (Å²) in [6.45, 7) is 0.0364. The van der Waals surface area contributed by atoms with E-state index in [9.17, 15) is 13.2 Å². The summed E-state index contributed by atoms with van der Waals surface area (Å²) in [4.78, 5) is 12.7. The molecule has 0 unspecified atom stereocenters. The molecule has 3 aromatic carbocycles. The van der Waals surface area contributed by atoms with Crippen LogP contribution in [0, 0.1) is 0 Å². The Hall–Kier alpha value is -2.58. The van der Waals surface area contributed by atoms with Gasteiger partial charge in [-0.1, -0.05) is 47.5 Å². The van der Waals surface area contributed by atoms with Gasteiger partial charge in [0.1, 0.15) is 5.75 Å². The minimum atomic E-state index is -3.95. The van der Waals surface area contributed by atoms with E-state index in [4.69, 9.17) is 27.9 Å². The van der Waals surface area contributed by atoms with Crippen molar-refractivity contribution in [3.05, 3.63) is 94.0 Å². The number of rotatable bonds is 10. The third kappa shape index (κ3) is 7.20. The Labute approximate surface area is 204 Å². The zero-order valence-electron chi connectivity index (χ0n) is 18.0. The van der Waals surface area contributed by atoms with Crippen LogP contribution in [0.3, 0.4) is 0 Å². The lowest BCUT2D eigenvalue weighted by atomic mass is 10.1. The third-order valence-corrected chi connectivity index (χ3v) is 7.21. The largest absolute Gasteiger partial charge is 0.497 e. The molecule has 1 N–H and O–H groups in total. The van der Waals surface area contributed by atoms with Gasteiger partial charge in [-0.25, -0.2) is 8.42 Å². The molecule has 9 heteroatoms. The van der Waals surface area contributed by atoms with Crippen LogP contribution in [0.5, 0.6) is 5.75 Å².